The van der Waals surface area contributed by atoms with Crippen LogP contribution in [0.4, 0.5) is 0 Å². The summed E-state index contributed by atoms with van der Waals surface area (Å²) in [7, 11) is 1.91. The van der Waals surface area contributed by atoms with E-state index in [0.29, 0.717) is 0 Å². The van der Waals surface area contributed by atoms with Crippen molar-refractivity contribution in [2.45, 2.75) is 32.9 Å². The molecular weight excluding hydrogens is 374 g/mol. The molecule has 1 rings (SSSR count). The third-order valence-corrected chi connectivity index (χ3v) is 4.37. The largest absolute Gasteiger partial charge is 0.488 e. The van der Waals surface area contributed by atoms with Crippen LogP contribution in [0.1, 0.15) is 26.3 Å². The number of aliphatic hydroxyl groups is 1. The molecule has 0 aliphatic rings. The Labute approximate surface area is 132 Å². The summed E-state index contributed by atoms with van der Waals surface area (Å²) in [5, 5.41) is 13.3. The first-order valence-corrected chi connectivity index (χ1v) is 7.84. The molecule has 0 radical (unpaired) electrons. The molecule has 0 spiro atoms. The van der Waals surface area contributed by atoms with Gasteiger partial charge in [0.05, 0.1) is 14.5 Å². The molecule has 1 atom stereocenters. The number of benzene rings is 1. The number of nitrogens with one attached hydrogen (secondary N) is 1. The maximum Gasteiger partial charge on any atom is 0.147 e. The van der Waals surface area contributed by atoms with Crippen LogP contribution in [0.15, 0.2) is 21.1 Å². The lowest BCUT2D eigenvalue weighted by Crippen LogP contribution is -2.37. The van der Waals surface area contributed by atoms with E-state index in [9.17, 15) is 5.11 Å². The highest BCUT2D eigenvalue weighted by atomic mass is 79.9. The lowest BCUT2D eigenvalue weighted by Gasteiger charge is -2.28. The first-order chi connectivity index (χ1) is 8.77. The van der Waals surface area contributed by atoms with Crippen LogP contribution in [0.3, 0.4) is 0 Å². The van der Waals surface area contributed by atoms with Gasteiger partial charge in [-0.2, -0.15) is 0 Å². The third kappa shape index (κ3) is 4.74. The van der Waals surface area contributed by atoms with E-state index in [-0.39, 0.29) is 12.5 Å². The molecule has 1 aromatic rings. The molecule has 2 N–H and O–H groups in total. The van der Waals surface area contributed by atoms with Gasteiger partial charge in [-0.3, -0.25) is 0 Å². The molecular formula is C14H21Br2NO2. The Hall–Kier alpha value is -0.100. The van der Waals surface area contributed by atoms with Gasteiger partial charge in [0.1, 0.15) is 12.4 Å². The lowest BCUT2D eigenvalue weighted by molar-refractivity contribution is -0.0270. The smallest absolute Gasteiger partial charge is 0.147 e. The van der Waals surface area contributed by atoms with Gasteiger partial charge in [-0.1, -0.05) is 13.8 Å². The topological polar surface area (TPSA) is 41.5 Å². The minimum Gasteiger partial charge on any atom is -0.488 e. The molecule has 0 heterocycles. The molecule has 0 aliphatic heterocycles. The van der Waals surface area contributed by atoms with E-state index < -0.39 is 5.60 Å². The number of hydrogen-bond donors (Lipinski definition) is 2. The number of ether oxygens (including phenoxy) is 1. The van der Waals surface area contributed by atoms with Gasteiger partial charge in [0.15, 0.2) is 0 Å². The summed E-state index contributed by atoms with van der Waals surface area (Å²) in [6, 6.07) is 4.03. The Morgan fingerprint density at radius 1 is 1.32 bits per heavy atom. The number of rotatable bonds is 6. The molecule has 0 aliphatic carbocycles. The maximum absolute atomic E-state index is 10.2. The van der Waals surface area contributed by atoms with Crippen molar-refractivity contribution in [1.82, 2.24) is 5.32 Å². The standard InChI is InChI=1S/C14H21Br2NO2/c1-9(2)14(3,18)8-19-13-11(15)5-10(7-17-4)6-12(13)16/h5-6,9,17-18H,7-8H2,1-4H3. The zero-order valence-corrected chi connectivity index (χ0v) is 14.9. The van der Waals surface area contributed by atoms with Gasteiger partial charge >= 0.3 is 0 Å². The monoisotopic (exact) mass is 393 g/mol. The first-order valence-electron chi connectivity index (χ1n) is 6.25. The molecule has 1 unspecified atom stereocenters. The molecule has 19 heavy (non-hydrogen) atoms. The van der Waals surface area contributed by atoms with Crippen LogP contribution in [-0.4, -0.2) is 24.4 Å². The first kappa shape index (κ1) is 17.0. The van der Waals surface area contributed by atoms with Crippen LogP contribution >= 0.6 is 31.9 Å². The summed E-state index contributed by atoms with van der Waals surface area (Å²) >= 11 is 7.02. The summed E-state index contributed by atoms with van der Waals surface area (Å²) in [6.45, 7) is 6.79. The maximum atomic E-state index is 10.2. The van der Waals surface area contributed by atoms with Crippen molar-refractivity contribution in [3.05, 3.63) is 26.6 Å². The predicted octanol–water partition coefficient (Wildman–Crippen LogP) is 3.72. The lowest BCUT2D eigenvalue weighted by atomic mass is 9.94. The van der Waals surface area contributed by atoms with Crippen LogP contribution in [-0.2, 0) is 6.54 Å². The van der Waals surface area contributed by atoms with Gasteiger partial charge in [-0.25, -0.2) is 0 Å². The highest BCUT2D eigenvalue weighted by Gasteiger charge is 2.26. The Kier molecular flexibility index (Phi) is 6.30. The molecule has 0 saturated carbocycles. The molecule has 0 saturated heterocycles. The Morgan fingerprint density at radius 2 is 1.84 bits per heavy atom. The zero-order valence-electron chi connectivity index (χ0n) is 11.8. The quantitative estimate of drug-likeness (QED) is 0.772. The van der Waals surface area contributed by atoms with E-state index in [1.54, 1.807) is 6.92 Å². The average Bonchev–Trinajstić information content (AvgIpc) is 2.27. The highest BCUT2D eigenvalue weighted by Crippen LogP contribution is 2.35. The number of halogens is 2. The summed E-state index contributed by atoms with van der Waals surface area (Å²) in [5.41, 5.74) is 0.312. The summed E-state index contributed by atoms with van der Waals surface area (Å²) in [6.07, 6.45) is 0. The zero-order chi connectivity index (χ0) is 14.6. The second-order valence-electron chi connectivity index (χ2n) is 5.22. The van der Waals surface area contributed by atoms with Crippen molar-refractivity contribution in [1.29, 1.82) is 0 Å². The molecule has 1 aromatic carbocycles. The molecule has 3 nitrogen and oxygen atoms in total. The van der Waals surface area contributed by atoms with Crippen molar-refractivity contribution in [3.8, 4) is 5.75 Å². The Balaban J connectivity index is 2.85. The fourth-order valence-electron chi connectivity index (χ4n) is 1.44. The minimum atomic E-state index is -0.845. The molecule has 0 fully saturated rings. The normalized spacial score (nSPS) is 14.5. The minimum absolute atomic E-state index is 0.133. The van der Waals surface area contributed by atoms with Crippen LogP contribution in [0.5, 0.6) is 5.75 Å². The summed E-state index contributed by atoms with van der Waals surface area (Å²) < 4.78 is 7.53. The molecule has 0 amide bonds. The van der Waals surface area contributed by atoms with E-state index in [1.165, 1.54) is 0 Å². The van der Waals surface area contributed by atoms with Crippen molar-refractivity contribution in [3.63, 3.8) is 0 Å². The van der Waals surface area contributed by atoms with Crippen LogP contribution in [0.25, 0.3) is 0 Å². The van der Waals surface area contributed by atoms with E-state index >= 15 is 0 Å². The van der Waals surface area contributed by atoms with Crippen LogP contribution < -0.4 is 10.1 Å². The van der Waals surface area contributed by atoms with Gasteiger partial charge in [0.25, 0.3) is 0 Å². The van der Waals surface area contributed by atoms with Gasteiger partial charge in [-0.05, 0) is 69.4 Å². The van der Waals surface area contributed by atoms with Crippen molar-refractivity contribution >= 4 is 31.9 Å². The summed E-state index contributed by atoms with van der Waals surface area (Å²) in [5.74, 6) is 0.856. The van der Waals surface area contributed by atoms with Gasteiger partial charge < -0.3 is 15.2 Å². The van der Waals surface area contributed by atoms with E-state index in [0.717, 1.165) is 26.8 Å². The van der Waals surface area contributed by atoms with E-state index in [1.807, 2.05) is 33.0 Å². The Morgan fingerprint density at radius 3 is 2.26 bits per heavy atom. The fourth-order valence-corrected chi connectivity index (χ4v) is 2.95. The second-order valence-corrected chi connectivity index (χ2v) is 6.93. The predicted molar refractivity (Wildman–Crippen MR) is 85.6 cm³/mol. The Bertz CT molecular complexity index is 410. The van der Waals surface area contributed by atoms with Crippen LogP contribution in [0, 0.1) is 5.92 Å². The molecule has 5 heteroatoms. The second kappa shape index (κ2) is 7.07. The van der Waals surface area contributed by atoms with Crippen molar-refractivity contribution in [2.24, 2.45) is 5.92 Å². The summed E-state index contributed by atoms with van der Waals surface area (Å²) in [4.78, 5) is 0. The van der Waals surface area contributed by atoms with E-state index in [2.05, 4.69) is 37.2 Å². The van der Waals surface area contributed by atoms with Crippen LogP contribution in [0.2, 0.25) is 0 Å². The SMILES string of the molecule is CNCc1cc(Br)c(OCC(C)(O)C(C)C)c(Br)c1. The van der Waals surface area contributed by atoms with E-state index in [4.69, 9.17) is 4.74 Å². The highest BCUT2D eigenvalue weighted by molar-refractivity contribution is 9.11. The fraction of sp³-hybridized carbons (Fsp3) is 0.571. The van der Waals surface area contributed by atoms with Gasteiger partial charge in [-0.15, -0.1) is 0 Å². The van der Waals surface area contributed by atoms with Crippen molar-refractivity contribution < 1.29 is 9.84 Å². The van der Waals surface area contributed by atoms with Gasteiger partial charge in [0, 0.05) is 6.54 Å². The molecule has 0 aromatic heterocycles. The third-order valence-electron chi connectivity index (χ3n) is 3.19. The molecule has 0 bridgehead atoms. The average molecular weight is 395 g/mol. The number of hydrogen-bond acceptors (Lipinski definition) is 3. The molecule has 108 valence electrons. The van der Waals surface area contributed by atoms with Crippen molar-refractivity contribution in [2.75, 3.05) is 13.7 Å². The van der Waals surface area contributed by atoms with Gasteiger partial charge in [0.2, 0.25) is 0 Å².